The standard InChI is InChI=1S/C20H22Br2O2/c1-3-14(2)20(24,16-6-10-18(22)11-7-16)13-12-19(23)15-4-8-17(21)9-5-15/h3-11,14,19,23-24H,1,12-13H2,2H3/t14-,19+,20-/m0/s1. The van der Waals surface area contributed by atoms with E-state index >= 15 is 0 Å². The summed E-state index contributed by atoms with van der Waals surface area (Å²) in [4.78, 5) is 0. The molecule has 2 aromatic carbocycles. The van der Waals surface area contributed by atoms with Gasteiger partial charge in [0.25, 0.3) is 0 Å². The van der Waals surface area contributed by atoms with Gasteiger partial charge in [-0.15, -0.1) is 6.58 Å². The van der Waals surface area contributed by atoms with Crippen molar-refractivity contribution in [1.82, 2.24) is 0 Å². The SMILES string of the molecule is C=C[C@H](C)[C@@](O)(CC[C@@H](O)c1ccc(Br)cc1)c1ccc(Br)cc1. The Bertz CT molecular complexity index is 667. The Labute approximate surface area is 160 Å². The van der Waals surface area contributed by atoms with E-state index in [9.17, 15) is 10.2 Å². The summed E-state index contributed by atoms with van der Waals surface area (Å²) in [7, 11) is 0. The van der Waals surface area contributed by atoms with E-state index in [1.807, 2.05) is 55.5 Å². The number of aliphatic hydroxyl groups excluding tert-OH is 1. The average Bonchev–Trinajstić information content (AvgIpc) is 2.59. The normalized spacial score (nSPS) is 16.2. The quantitative estimate of drug-likeness (QED) is 0.525. The minimum Gasteiger partial charge on any atom is -0.388 e. The second kappa shape index (κ2) is 8.43. The first-order valence-electron chi connectivity index (χ1n) is 7.91. The third-order valence-electron chi connectivity index (χ3n) is 4.50. The summed E-state index contributed by atoms with van der Waals surface area (Å²) >= 11 is 6.81. The number of hydrogen-bond donors (Lipinski definition) is 2. The molecular weight excluding hydrogens is 432 g/mol. The predicted octanol–water partition coefficient (Wildman–Crippen LogP) is 5.74. The van der Waals surface area contributed by atoms with Crippen LogP contribution in [-0.4, -0.2) is 10.2 Å². The van der Waals surface area contributed by atoms with E-state index in [-0.39, 0.29) is 5.92 Å². The van der Waals surface area contributed by atoms with Crippen LogP contribution in [0.2, 0.25) is 0 Å². The van der Waals surface area contributed by atoms with Crippen molar-refractivity contribution < 1.29 is 10.2 Å². The van der Waals surface area contributed by atoms with Gasteiger partial charge in [-0.25, -0.2) is 0 Å². The average molecular weight is 454 g/mol. The van der Waals surface area contributed by atoms with E-state index < -0.39 is 11.7 Å². The molecule has 0 fully saturated rings. The van der Waals surface area contributed by atoms with Crippen molar-refractivity contribution in [2.75, 3.05) is 0 Å². The lowest BCUT2D eigenvalue weighted by molar-refractivity contribution is -0.0203. The summed E-state index contributed by atoms with van der Waals surface area (Å²) in [6.07, 6.45) is 2.05. The predicted molar refractivity (Wildman–Crippen MR) is 106 cm³/mol. The maximum atomic E-state index is 11.3. The first-order valence-corrected chi connectivity index (χ1v) is 9.50. The van der Waals surface area contributed by atoms with Gasteiger partial charge in [-0.3, -0.25) is 0 Å². The van der Waals surface area contributed by atoms with Crippen molar-refractivity contribution in [3.05, 3.63) is 81.3 Å². The molecule has 128 valence electrons. The van der Waals surface area contributed by atoms with Crippen molar-refractivity contribution >= 4 is 31.9 Å². The minimum absolute atomic E-state index is 0.129. The molecular formula is C20H22Br2O2. The third-order valence-corrected chi connectivity index (χ3v) is 5.56. The van der Waals surface area contributed by atoms with Gasteiger partial charge in [0.1, 0.15) is 0 Å². The van der Waals surface area contributed by atoms with Crippen molar-refractivity contribution in [2.24, 2.45) is 5.92 Å². The number of hydrogen-bond acceptors (Lipinski definition) is 2. The summed E-state index contributed by atoms with van der Waals surface area (Å²) < 4.78 is 1.94. The van der Waals surface area contributed by atoms with Crippen LogP contribution in [0.5, 0.6) is 0 Å². The highest BCUT2D eigenvalue weighted by Gasteiger charge is 2.34. The monoisotopic (exact) mass is 452 g/mol. The van der Waals surface area contributed by atoms with Crippen LogP contribution >= 0.6 is 31.9 Å². The second-order valence-corrected chi connectivity index (χ2v) is 7.89. The lowest BCUT2D eigenvalue weighted by Crippen LogP contribution is -2.33. The molecule has 0 unspecified atom stereocenters. The van der Waals surface area contributed by atoms with Gasteiger partial charge in [0.15, 0.2) is 0 Å². The van der Waals surface area contributed by atoms with Crippen molar-refractivity contribution in [1.29, 1.82) is 0 Å². The van der Waals surface area contributed by atoms with Gasteiger partial charge in [-0.05, 0) is 48.2 Å². The summed E-state index contributed by atoms with van der Waals surface area (Å²) in [5, 5.41) is 21.7. The van der Waals surface area contributed by atoms with E-state index in [1.54, 1.807) is 6.08 Å². The minimum atomic E-state index is -1.06. The number of rotatable bonds is 7. The van der Waals surface area contributed by atoms with Crippen molar-refractivity contribution in [3.63, 3.8) is 0 Å². The van der Waals surface area contributed by atoms with Crippen LogP contribution in [0.1, 0.15) is 37.0 Å². The molecule has 0 spiro atoms. The molecule has 0 bridgehead atoms. The molecule has 0 aromatic heterocycles. The number of aliphatic hydroxyl groups is 2. The van der Waals surface area contributed by atoms with Crippen molar-refractivity contribution in [2.45, 2.75) is 31.5 Å². The van der Waals surface area contributed by atoms with Gasteiger partial charge in [0, 0.05) is 14.9 Å². The lowest BCUT2D eigenvalue weighted by atomic mass is 9.78. The van der Waals surface area contributed by atoms with Crippen LogP contribution in [0.25, 0.3) is 0 Å². The molecule has 0 saturated carbocycles. The van der Waals surface area contributed by atoms with E-state index in [0.29, 0.717) is 12.8 Å². The van der Waals surface area contributed by atoms with Crippen LogP contribution in [-0.2, 0) is 5.60 Å². The van der Waals surface area contributed by atoms with E-state index in [1.165, 1.54) is 0 Å². The molecule has 2 N–H and O–H groups in total. The molecule has 0 radical (unpaired) electrons. The molecule has 0 aliphatic carbocycles. The maximum Gasteiger partial charge on any atom is 0.0957 e. The molecule has 4 heteroatoms. The fraction of sp³-hybridized carbons (Fsp3) is 0.300. The third kappa shape index (κ3) is 4.57. The molecule has 0 amide bonds. The Morgan fingerprint density at radius 1 is 1.04 bits per heavy atom. The largest absolute Gasteiger partial charge is 0.388 e. The highest BCUT2D eigenvalue weighted by atomic mass is 79.9. The first kappa shape index (κ1) is 19.4. The van der Waals surface area contributed by atoms with Gasteiger partial charge >= 0.3 is 0 Å². The Balaban J connectivity index is 2.18. The number of halogens is 2. The molecule has 0 heterocycles. The smallest absolute Gasteiger partial charge is 0.0957 e. The Kier molecular flexibility index (Phi) is 6.81. The van der Waals surface area contributed by atoms with Crippen LogP contribution in [0.4, 0.5) is 0 Å². The van der Waals surface area contributed by atoms with Gasteiger partial charge in [0.2, 0.25) is 0 Å². The van der Waals surface area contributed by atoms with Crippen LogP contribution in [0.15, 0.2) is 70.1 Å². The van der Waals surface area contributed by atoms with Gasteiger partial charge in [-0.1, -0.05) is 69.1 Å². The Morgan fingerprint density at radius 2 is 1.54 bits per heavy atom. The second-order valence-electron chi connectivity index (χ2n) is 6.06. The highest BCUT2D eigenvalue weighted by Crippen LogP contribution is 2.37. The fourth-order valence-corrected chi connectivity index (χ4v) is 3.31. The topological polar surface area (TPSA) is 40.5 Å². The van der Waals surface area contributed by atoms with E-state index in [0.717, 1.165) is 20.1 Å². The van der Waals surface area contributed by atoms with Gasteiger partial charge in [0.05, 0.1) is 11.7 Å². The molecule has 0 aliphatic heterocycles. The first-order chi connectivity index (χ1) is 11.4. The molecule has 3 atom stereocenters. The zero-order valence-corrected chi connectivity index (χ0v) is 16.8. The fourth-order valence-electron chi connectivity index (χ4n) is 2.78. The van der Waals surface area contributed by atoms with Crippen LogP contribution < -0.4 is 0 Å². The zero-order chi connectivity index (χ0) is 17.7. The van der Waals surface area contributed by atoms with Crippen LogP contribution in [0, 0.1) is 5.92 Å². The molecule has 0 aliphatic rings. The van der Waals surface area contributed by atoms with E-state index in [2.05, 4.69) is 38.4 Å². The van der Waals surface area contributed by atoms with Crippen molar-refractivity contribution in [3.8, 4) is 0 Å². The summed E-state index contributed by atoms with van der Waals surface area (Å²) in [5.41, 5.74) is 0.627. The lowest BCUT2D eigenvalue weighted by Gasteiger charge is -2.34. The summed E-state index contributed by atoms with van der Waals surface area (Å²) in [6.45, 7) is 5.77. The molecule has 2 aromatic rings. The number of benzene rings is 2. The highest BCUT2D eigenvalue weighted by molar-refractivity contribution is 9.10. The van der Waals surface area contributed by atoms with Gasteiger partial charge < -0.3 is 10.2 Å². The summed E-state index contributed by atoms with van der Waals surface area (Å²) in [6, 6.07) is 15.3. The molecule has 0 saturated heterocycles. The Hall–Kier alpha value is -0.940. The molecule has 2 rings (SSSR count). The molecule has 2 nitrogen and oxygen atoms in total. The Morgan fingerprint density at radius 3 is 2.04 bits per heavy atom. The summed E-state index contributed by atoms with van der Waals surface area (Å²) in [5.74, 6) is -0.129. The van der Waals surface area contributed by atoms with Crippen LogP contribution in [0.3, 0.4) is 0 Å². The maximum absolute atomic E-state index is 11.3. The van der Waals surface area contributed by atoms with E-state index in [4.69, 9.17) is 0 Å². The van der Waals surface area contributed by atoms with Gasteiger partial charge in [-0.2, -0.15) is 0 Å². The zero-order valence-electron chi connectivity index (χ0n) is 13.6. The molecule has 24 heavy (non-hydrogen) atoms.